The molecule has 1 aliphatic rings. The average molecular weight is 335 g/mol. The van der Waals surface area contributed by atoms with Gasteiger partial charge in [0.2, 0.25) is 0 Å². The van der Waals surface area contributed by atoms with Crippen LogP contribution in [0, 0.1) is 0 Å². The first kappa shape index (κ1) is 15.7. The molecule has 1 atom stereocenters. The number of nitrogens with one attached hydrogen (secondary N) is 1. The van der Waals surface area contributed by atoms with Crippen molar-refractivity contribution in [3.63, 3.8) is 0 Å². The summed E-state index contributed by atoms with van der Waals surface area (Å²) in [6.45, 7) is 3.22. The van der Waals surface area contributed by atoms with Gasteiger partial charge in [-0.1, -0.05) is 24.3 Å². The highest BCUT2D eigenvalue weighted by Crippen LogP contribution is 2.26. The smallest absolute Gasteiger partial charge is 0.255 e. The van der Waals surface area contributed by atoms with Crippen LogP contribution in [-0.4, -0.2) is 28.1 Å². The number of fused-ring (bicyclic) bond motifs is 2. The van der Waals surface area contributed by atoms with Crippen LogP contribution >= 0.6 is 0 Å². The second kappa shape index (κ2) is 6.59. The van der Waals surface area contributed by atoms with E-state index in [1.54, 1.807) is 0 Å². The zero-order chi connectivity index (χ0) is 17.2. The minimum Gasteiger partial charge on any atom is -0.493 e. The molecule has 0 fully saturated rings. The van der Waals surface area contributed by atoms with Gasteiger partial charge in [0.05, 0.1) is 12.2 Å². The molecule has 2 heterocycles. The number of aryl methyl sites for hydroxylation is 1. The van der Waals surface area contributed by atoms with Gasteiger partial charge in [0.15, 0.2) is 0 Å². The maximum Gasteiger partial charge on any atom is 0.255 e. The molecule has 0 aliphatic carbocycles. The molecule has 5 nitrogen and oxygen atoms in total. The van der Waals surface area contributed by atoms with Gasteiger partial charge in [-0.2, -0.15) is 0 Å². The summed E-state index contributed by atoms with van der Waals surface area (Å²) < 4.78 is 7.83. The van der Waals surface area contributed by atoms with Gasteiger partial charge in [-0.3, -0.25) is 4.79 Å². The van der Waals surface area contributed by atoms with E-state index < -0.39 is 0 Å². The molecule has 1 aliphatic heterocycles. The van der Waals surface area contributed by atoms with Gasteiger partial charge in [0.1, 0.15) is 11.6 Å². The van der Waals surface area contributed by atoms with Crippen molar-refractivity contribution in [1.29, 1.82) is 0 Å². The van der Waals surface area contributed by atoms with Crippen molar-refractivity contribution in [2.75, 3.05) is 6.61 Å². The topological polar surface area (TPSA) is 56.1 Å². The number of amides is 1. The molecule has 0 saturated carbocycles. The molecule has 5 heteroatoms. The van der Waals surface area contributed by atoms with Gasteiger partial charge in [-0.25, -0.2) is 4.98 Å². The molecular formula is C20H21N3O2. The number of hydrogen-bond acceptors (Lipinski definition) is 3. The van der Waals surface area contributed by atoms with Crippen molar-refractivity contribution in [2.24, 2.45) is 0 Å². The normalized spacial score (nSPS) is 16.4. The van der Waals surface area contributed by atoms with Crippen molar-refractivity contribution in [1.82, 2.24) is 14.9 Å². The highest BCUT2D eigenvalue weighted by Gasteiger charge is 2.22. The van der Waals surface area contributed by atoms with Gasteiger partial charge in [-0.15, -0.1) is 0 Å². The van der Waals surface area contributed by atoms with Crippen molar-refractivity contribution in [3.8, 4) is 5.75 Å². The summed E-state index contributed by atoms with van der Waals surface area (Å²) in [6, 6.07) is 12.0. The molecule has 2 aromatic carbocycles. The van der Waals surface area contributed by atoms with Gasteiger partial charge in [0.25, 0.3) is 5.91 Å². The standard InChI is InChI=1S/C20H21N3O2/c1-2-25-18-12-15-6-4-3-5-14(15)11-17(18)20(24)22-16-7-8-19-21-9-10-23(19)13-16/h3-6,9-12,16H,2,7-8,13H2,1H3,(H,22,24). The summed E-state index contributed by atoms with van der Waals surface area (Å²) in [4.78, 5) is 17.2. The second-order valence-corrected chi connectivity index (χ2v) is 6.33. The summed E-state index contributed by atoms with van der Waals surface area (Å²) in [5, 5.41) is 5.27. The van der Waals surface area contributed by atoms with E-state index in [9.17, 15) is 4.79 Å². The second-order valence-electron chi connectivity index (χ2n) is 6.33. The molecule has 0 saturated heterocycles. The lowest BCUT2D eigenvalue weighted by atomic mass is 10.0. The van der Waals surface area contributed by atoms with Crippen molar-refractivity contribution in [3.05, 3.63) is 60.2 Å². The van der Waals surface area contributed by atoms with E-state index in [-0.39, 0.29) is 11.9 Å². The number of rotatable bonds is 4. The molecule has 1 amide bonds. The van der Waals surface area contributed by atoms with Crippen LogP contribution in [0.25, 0.3) is 10.8 Å². The van der Waals surface area contributed by atoms with Crippen molar-refractivity contribution in [2.45, 2.75) is 32.4 Å². The SMILES string of the molecule is CCOc1cc2ccccc2cc1C(=O)NC1CCc2nccn2C1. The molecule has 1 N–H and O–H groups in total. The van der Waals surface area contributed by atoms with E-state index in [1.165, 1.54) is 0 Å². The Morgan fingerprint density at radius 2 is 2.12 bits per heavy atom. The van der Waals surface area contributed by atoms with Crippen molar-refractivity contribution >= 4 is 16.7 Å². The lowest BCUT2D eigenvalue weighted by Crippen LogP contribution is -2.41. The number of hydrogen-bond donors (Lipinski definition) is 1. The quantitative estimate of drug-likeness (QED) is 0.797. The van der Waals surface area contributed by atoms with Gasteiger partial charge in [-0.05, 0) is 36.2 Å². The Morgan fingerprint density at radius 3 is 2.92 bits per heavy atom. The highest BCUT2D eigenvalue weighted by molar-refractivity contribution is 6.01. The predicted molar refractivity (Wildman–Crippen MR) is 96.9 cm³/mol. The zero-order valence-electron chi connectivity index (χ0n) is 14.2. The van der Waals surface area contributed by atoms with Crippen LogP contribution < -0.4 is 10.1 Å². The number of carbonyl (C=O) groups is 1. The lowest BCUT2D eigenvalue weighted by molar-refractivity contribution is 0.0924. The third-order valence-corrected chi connectivity index (χ3v) is 4.66. The molecule has 0 spiro atoms. The first-order valence-corrected chi connectivity index (χ1v) is 8.71. The number of nitrogens with zero attached hydrogens (tertiary/aromatic N) is 2. The van der Waals surface area contributed by atoms with E-state index in [0.717, 1.165) is 36.0 Å². The van der Waals surface area contributed by atoms with Crippen LogP contribution in [0.1, 0.15) is 29.5 Å². The van der Waals surface area contributed by atoms with Gasteiger partial charge >= 0.3 is 0 Å². The van der Waals surface area contributed by atoms with E-state index in [4.69, 9.17) is 4.74 Å². The maximum absolute atomic E-state index is 12.9. The molecule has 3 aromatic rings. The fourth-order valence-corrected chi connectivity index (χ4v) is 3.42. The molecule has 0 radical (unpaired) electrons. The molecular weight excluding hydrogens is 314 g/mol. The number of aromatic nitrogens is 2. The first-order valence-electron chi connectivity index (χ1n) is 8.71. The molecule has 1 unspecified atom stereocenters. The van der Waals surface area contributed by atoms with E-state index in [1.807, 2.05) is 55.7 Å². The number of carbonyl (C=O) groups excluding carboxylic acids is 1. The Morgan fingerprint density at radius 1 is 1.32 bits per heavy atom. The van der Waals surface area contributed by atoms with Gasteiger partial charge < -0.3 is 14.6 Å². The Kier molecular flexibility index (Phi) is 4.14. The summed E-state index contributed by atoms with van der Waals surface area (Å²) in [7, 11) is 0. The summed E-state index contributed by atoms with van der Waals surface area (Å²) >= 11 is 0. The third kappa shape index (κ3) is 3.09. The monoisotopic (exact) mass is 335 g/mol. The minimum absolute atomic E-state index is 0.0808. The Labute approximate surface area is 146 Å². The highest BCUT2D eigenvalue weighted by atomic mass is 16.5. The predicted octanol–water partition coefficient (Wildman–Crippen LogP) is 3.18. The summed E-state index contributed by atoms with van der Waals surface area (Å²) in [6.07, 6.45) is 5.57. The number of imidazole rings is 1. The van der Waals surface area contributed by atoms with Crippen LogP contribution in [0.4, 0.5) is 0 Å². The third-order valence-electron chi connectivity index (χ3n) is 4.66. The molecule has 4 rings (SSSR count). The Bertz CT molecular complexity index is 916. The minimum atomic E-state index is -0.0808. The Balaban J connectivity index is 1.59. The van der Waals surface area contributed by atoms with Crippen LogP contribution in [0.5, 0.6) is 5.75 Å². The van der Waals surface area contributed by atoms with Crippen LogP contribution in [0.3, 0.4) is 0 Å². The van der Waals surface area contributed by atoms with E-state index in [0.29, 0.717) is 17.9 Å². The summed E-state index contributed by atoms with van der Waals surface area (Å²) in [5.74, 6) is 1.65. The average Bonchev–Trinajstić information content (AvgIpc) is 3.09. The molecule has 1 aromatic heterocycles. The fourth-order valence-electron chi connectivity index (χ4n) is 3.42. The van der Waals surface area contributed by atoms with E-state index in [2.05, 4.69) is 14.9 Å². The fraction of sp³-hybridized carbons (Fsp3) is 0.300. The number of benzene rings is 2. The largest absolute Gasteiger partial charge is 0.493 e. The van der Waals surface area contributed by atoms with Crippen LogP contribution in [-0.2, 0) is 13.0 Å². The van der Waals surface area contributed by atoms with Crippen LogP contribution in [0.2, 0.25) is 0 Å². The molecule has 25 heavy (non-hydrogen) atoms. The summed E-state index contributed by atoms with van der Waals surface area (Å²) in [5.41, 5.74) is 0.594. The maximum atomic E-state index is 12.9. The zero-order valence-corrected chi connectivity index (χ0v) is 14.2. The first-order chi connectivity index (χ1) is 12.2. The van der Waals surface area contributed by atoms with E-state index >= 15 is 0 Å². The molecule has 128 valence electrons. The number of ether oxygens (including phenoxy) is 1. The Hall–Kier alpha value is -2.82. The molecule has 0 bridgehead atoms. The van der Waals surface area contributed by atoms with Crippen molar-refractivity contribution < 1.29 is 9.53 Å². The lowest BCUT2D eigenvalue weighted by Gasteiger charge is -2.25. The van der Waals surface area contributed by atoms with Gasteiger partial charge in [0, 0.05) is 31.4 Å². The van der Waals surface area contributed by atoms with Crippen LogP contribution in [0.15, 0.2) is 48.8 Å².